The van der Waals surface area contributed by atoms with Crippen LogP contribution in [0.2, 0.25) is 0 Å². The molecule has 0 saturated heterocycles. The number of nitrogens with zero attached hydrogens (tertiary/aromatic N) is 1. The molecule has 0 unspecified atom stereocenters. The number of amides is 1. The minimum atomic E-state index is -3.61. The molecule has 8 heteroatoms. The molecule has 2 aliphatic rings. The van der Waals surface area contributed by atoms with Crippen molar-refractivity contribution in [2.45, 2.75) is 42.5 Å². The van der Waals surface area contributed by atoms with Gasteiger partial charge in [0.05, 0.1) is 4.90 Å². The molecular weight excluding hydrogens is 378 g/mol. The lowest BCUT2D eigenvalue weighted by Crippen LogP contribution is -2.26. The van der Waals surface area contributed by atoms with Gasteiger partial charge in [-0.2, -0.15) is 0 Å². The van der Waals surface area contributed by atoms with Crippen LogP contribution in [0, 0.1) is 0 Å². The van der Waals surface area contributed by atoms with Crippen molar-refractivity contribution in [3.05, 3.63) is 53.9 Å². The SMILES string of the molecule is O=C(Nc1ccc2oc(C3CC3)nc2c1)c1cccc(S(=O)(=O)NC2CC2)c1. The number of hydrogen-bond acceptors (Lipinski definition) is 5. The third kappa shape index (κ3) is 3.53. The fourth-order valence-electron chi connectivity index (χ4n) is 3.02. The third-order valence-electron chi connectivity index (χ3n) is 4.89. The molecule has 0 aliphatic heterocycles. The van der Waals surface area contributed by atoms with Crippen molar-refractivity contribution >= 4 is 32.7 Å². The minimum Gasteiger partial charge on any atom is -0.440 e. The Morgan fingerprint density at radius 1 is 1.07 bits per heavy atom. The van der Waals surface area contributed by atoms with Gasteiger partial charge in [-0.15, -0.1) is 0 Å². The van der Waals surface area contributed by atoms with Gasteiger partial charge in [-0.1, -0.05) is 6.07 Å². The molecule has 1 heterocycles. The van der Waals surface area contributed by atoms with E-state index in [1.54, 1.807) is 30.3 Å². The number of rotatable bonds is 6. The number of anilines is 1. The van der Waals surface area contributed by atoms with Crippen molar-refractivity contribution in [1.82, 2.24) is 9.71 Å². The Kier molecular flexibility index (Phi) is 3.99. The predicted octanol–water partition coefficient (Wildman–Crippen LogP) is 3.40. The maximum absolute atomic E-state index is 12.6. The zero-order valence-corrected chi connectivity index (χ0v) is 15.8. The van der Waals surface area contributed by atoms with Crippen molar-refractivity contribution in [3.8, 4) is 0 Å². The van der Waals surface area contributed by atoms with Crippen LogP contribution in [0.4, 0.5) is 5.69 Å². The summed E-state index contributed by atoms with van der Waals surface area (Å²) in [7, 11) is -3.61. The van der Waals surface area contributed by atoms with Crippen LogP contribution in [0.25, 0.3) is 11.1 Å². The number of oxazole rings is 1. The maximum Gasteiger partial charge on any atom is 0.255 e. The van der Waals surface area contributed by atoms with E-state index in [0.717, 1.165) is 31.6 Å². The fourth-order valence-corrected chi connectivity index (χ4v) is 4.37. The quantitative estimate of drug-likeness (QED) is 0.664. The van der Waals surface area contributed by atoms with Crippen molar-refractivity contribution in [2.24, 2.45) is 0 Å². The molecule has 0 radical (unpaired) electrons. The lowest BCUT2D eigenvalue weighted by molar-refractivity contribution is 0.102. The summed E-state index contributed by atoms with van der Waals surface area (Å²) >= 11 is 0. The summed E-state index contributed by atoms with van der Waals surface area (Å²) in [5, 5.41) is 2.80. The second-order valence-electron chi connectivity index (χ2n) is 7.39. The van der Waals surface area contributed by atoms with Gasteiger partial charge in [0.15, 0.2) is 11.5 Å². The van der Waals surface area contributed by atoms with E-state index in [1.807, 2.05) is 0 Å². The average Bonchev–Trinajstić information content (AvgIpc) is 3.61. The smallest absolute Gasteiger partial charge is 0.255 e. The van der Waals surface area contributed by atoms with Crippen LogP contribution in [0.1, 0.15) is 47.8 Å². The van der Waals surface area contributed by atoms with Crippen molar-refractivity contribution in [1.29, 1.82) is 0 Å². The van der Waals surface area contributed by atoms with E-state index in [0.29, 0.717) is 22.7 Å². The number of carbonyl (C=O) groups is 1. The molecule has 5 rings (SSSR count). The predicted molar refractivity (Wildman–Crippen MR) is 104 cm³/mol. The molecule has 7 nitrogen and oxygen atoms in total. The topological polar surface area (TPSA) is 101 Å². The summed E-state index contributed by atoms with van der Waals surface area (Å²) in [6.45, 7) is 0. The fraction of sp³-hybridized carbons (Fsp3) is 0.300. The Balaban J connectivity index is 1.36. The first-order chi connectivity index (χ1) is 13.5. The van der Waals surface area contributed by atoms with Gasteiger partial charge in [0, 0.05) is 23.2 Å². The maximum atomic E-state index is 12.6. The highest BCUT2D eigenvalue weighted by molar-refractivity contribution is 7.89. The van der Waals surface area contributed by atoms with E-state index in [1.165, 1.54) is 12.1 Å². The molecule has 28 heavy (non-hydrogen) atoms. The van der Waals surface area contributed by atoms with Gasteiger partial charge < -0.3 is 9.73 Å². The van der Waals surface area contributed by atoms with E-state index >= 15 is 0 Å². The molecule has 1 amide bonds. The molecule has 2 aliphatic carbocycles. The number of benzene rings is 2. The highest BCUT2D eigenvalue weighted by atomic mass is 32.2. The van der Waals surface area contributed by atoms with Crippen molar-refractivity contribution < 1.29 is 17.6 Å². The van der Waals surface area contributed by atoms with E-state index in [9.17, 15) is 13.2 Å². The largest absolute Gasteiger partial charge is 0.440 e. The second-order valence-corrected chi connectivity index (χ2v) is 9.10. The molecule has 0 atom stereocenters. The number of hydrogen-bond donors (Lipinski definition) is 2. The first kappa shape index (κ1) is 17.4. The van der Waals surface area contributed by atoms with Crippen LogP contribution in [0.5, 0.6) is 0 Å². The summed E-state index contributed by atoms with van der Waals surface area (Å²) in [6.07, 6.45) is 3.91. The monoisotopic (exact) mass is 397 g/mol. The van der Waals surface area contributed by atoms with E-state index in [-0.39, 0.29) is 22.4 Å². The molecule has 0 bridgehead atoms. The molecule has 0 spiro atoms. The van der Waals surface area contributed by atoms with Crippen LogP contribution < -0.4 is 10.0 Å². The third-order valence-corrected chi connectivity index (χ3v) is 6.41. The van der Waals surface area contributed by atoms with Gasteiger partial charge >= 0.3 is 0 Å². The van der Waals surface area contributed by atoms with Crippen LogP contribution in [0.15, 0.2) is 51.8 Å². The van der Waals surface area contributed by atoms with Gasteiger partial charge in [0.2, 0.25) is 10.0 Å². The van der Waals surface area contributed by atoms with Crippen molar-refractivity contribution in [3.63, 3.8) is 0 Å². The van der Waals surface area contributed by atoms with Crippen LogP contribution in [0.3, 0.4) is 0 Å². The Morgan fingerprint density at radius 3 is 2.64 bits per heavy atom. The lowest BCUT2D eigenvalue weighted by Gasteiger charge is -2.08. The Hall–Kier alpha value is -2.71. The molecule has 2 fully saturated rings. The highest BCUT2D eigenvalue weighted by Crippen LogP contribution is 2.40. The van der Waals surface area contributed by atoms with Gasteiger partial charge in [0.1, 0.15) is 5.52 Å². The first-order valence-electron chi connectivity index (χ1n) is 9.32. The van der Waals surface area contributed by atoms with Crippen molar-refractivity contribution in [2.75, 3.05) is 5.32 Å². The van der Waals surface area contributed by atoms with Crippen LogP contribution in [-0.4, -0.2) is 25.4 Å². The number of aromatic nitrogens is 1. The van der Waals surface area contributed by atoms with Gasteiger partial charge in [-0.25, -0.2) is 18.1 Å². The van der Waals surface area contributed by atoms with Crippen LogP contribution >= 0.6 is 0 Å². The summed E-state index contributed by atoms with van der Waals surface area (Å²) in [5.41, 5.74) is 2.25. The summed E-state index contributed by atoms with van der Waals surface area (Å²) in [5.74, 6) is 0.785. The Morgan fingerprint density at radius 2 is 1.89 bits per heavy atom. The summed E-state index contributed by atoms with van der Waals surface area (Å²) < 4.78 is 33.1. The Labute approximate surface area is 162 Å². The second kappa shape index (κ2) is 6.42. The lowest BCUT2D eigenvalue weighted by atomic mass is 10.2. The van der Waals surface area contributed by atoms with E-state index in [4.69, 9.17) is 4.42 Å². The molecule has 1 aromatic heterocycles. The molecule has 3 aromatic rings. The average molecular weight is 397 g/mol. The zero-order valence-electron chi connectivity index (χ0n) is 15.0. The van der Waals surface area contributed by atoms with E-state index in [2.05, 4.69) is 15.0 Å². The Bertz CT molecular complexity index is 1180. The summed E-state index contributed by atoms with van der Waals surface area (Å²) in [4.78, 5) is 17.2. The molecule has 2 aromatic carbocycles. The number of sulfonamides is 1. The highest BCUT2D eigenvalue weighted by Gasteiger charge is 2.29. The standard InChI is InChI=1S/C20H19N3O4S/c24-19(13-2-1-3-16(10-13)28(25,26)23-14-6-7-14)21-15-8-9-18-17(11-15)22-20(27-18)12-4-5-12/h1-3,8-12,14,23H,4-7H2,(H,21,24). The number of fused-ring (bicyclic) bond motifs is 1. The number of carbonyl (C=O) groups excluding carboxylic acids is 1. The van der Waals surface area contributed by atoms with Gasteiger partial charge in [-0.3, -0.25) is 4.79 Å². The number of nitrogens with one attached hydrogen (secondary N) is 2. The summed E-state index contributed by atoms with van der Waals surface area (Å²) in [6, 6.07) is 11.3. The normalized spacial score (nSPS) is 17.0. The first-order valence-corrected chi connectivity index (χ1v) is 10.8. The minimum absolute atomic E-state index is 0.0113. The van der Waals surface area contributed by atoms with Gasteiger partial charge in [-0.05, 0) is 62.1 Å². The molecular formula is C20H19N3O4S. The molecule has 144 valence electrons. The van der Waals surface area contributed by atoms with Crippen LogP contribution in [-0.2, 0) is 10.0 Å². The molecule has 2 saturated carbocycles. The molecule has 2 N–H and O–H groups in total. The zero-order chi connectivity index (χ0) is 19.3. The van der Waals surface area contributed by atoms with E-state index < -0.39 is 10.0 Å². The van der Waals surface area contributed by atoms with Gasteiger partial charge in [0.25, 0.3) is 5.91 Å².